The van der Waals surface area contributed by atoms with Crippen LogP contribution in [0.25, 0.3) is 0 Å². The first-order valence-corrected chi connectivity index (χ1v) is 7.98. The standard InChI is InChI=1S/C14H17BrN2OS/c1-3-17-14(12(15)8-16-17)13(18)9-19-11-6-4-10(2)5-7-11/h4-8,13,18H,3,9H2,1-2H3. The second kappa shape index (κ2) is 6.59. The molecule has 0 saturated carbocycles. The maximum Gasteiger partial charge on any atom is 0.106 e. The number of hydrogen-bond acceptors (Lipinski definition) is 3. The van der Waals surface area contributed by atoms with Gasteiger partial charge in [-0.25, -0.2) is 0 Å². The Kier molecular flexibility index (Phi) is 5.07. The molecule has 2 aromatic rings. The third-order valence-electron chi connectivity index (χ3n) is 2.88. The first-order valence-electron chi connectivity index (χ1n) is 6.20. The van der Waals surface area contributed by atoms with Crippen molar-refractivity contribution in [2.24, 2.45) is 0 Å². The summed E-state index contributed by atoms with van der Waals surface area (Å²) in [4.78, 5) is 1.17. The van der Waals surface area contributed by atoms with Gasteiger partial charge in [-0.2, -0.15) is 5.10 Å². The highest BCUT2D eigenvalue weighted by Crippen LogP contribution is 2.29. The van der Waals surface area contributed by atoms with Gasteiger partial charge in [-0.3, -0.25) is 4.68 Å². The molecule has 1 heterocycles. The number of aliphatic hydroxyl groups is 1. The number of thioether (sulfide) groups is 1. The van der Waals surface area contributed by atoms with Crippen molar-refractivity contribution in [2.45, 2.75) is 31.4 Å². The lowest BCUT2D eigenvalue weighted by atomic mass is 10.2. The van der Waals surface area contributed by atoms with Crippen LogP contribution in [0.1, 0.15) is 24.3 Å². The summed E-state index contributed by atoms with van der Waals surface area (Å²) in [6.07, 6.45) is 1.21. The molecule has 5 heteroatoms. The Bertz CT molecular complexity index is 539. The fraction of sp³-hybridized carbons (Fsp3) is 0.357. The maximum atomic E-state index is 10.3. The molecule has 1 aromatic heterocycles. The third kappa shape index (κ3) is 3.61. The van der Waals surface area contributed by atoms with Gasteiger partial charge in [0.25, 0.3) is 0 Å². The minimum absolute atomic E-state index is 0.525. The summed E-state index contributed by atoms with van der Waals surface area (Å²) in [5.41, 5.74) is 2.10. The summed E-state index contributed by atoms with van der Waals surface area (Å²) in [5.74, 6) is 0.618. The lowest BCUT2D eigenvalue weighted by Crippen LogP contribution is -2.10. The summed E-state index contributed by atoms with van der Waals surface area (Å²) >= 11 is 5.09. The van der Waals surface area contributed by atoms with Gasteiger partial charge in [-0.1, -0.05) is 17.7 Å². The van der Waals surface area contributed by atoms with E-state index in [1.54, 1.807) is 18.0 Å². The van der Waals surface area contributed by atoms with Gasteiger partial charge in [0.2, 0.25) is 0 Å². The van der Waals surface area contributed by atoms with Crippen molar-refractivity contribution in [3.8, 4) is 0 Å². The summed E-state index contributed by atoms with van der Waals surface area (Å²) < 4.78 is 2.69. The summed E-state index contributed by atoms with van der Waals surface area (Å²) in [5, 5.41) is 14.5. The lowest BCUT2D eigenvalue weighted by Gasteiger charge is -2.13. The zero-order chi connectivity index (χ0) is 13.8. The number of hydrogen-bond donors (Lipinski definition) is 1. The highest BCUT2D eigenvalue weighted by Gasteiger charge is 2.17. The van der Waals surface area contributed by atoms with Crippen molar-refractivity contribution >= 4 is 27.7 Å². The van der Waals surface area contributed by atoms with E-state index >= 15 is 0 Å². The molecule has 0 bridgehead atoms. The van der Waals surface area contributed by atoms with Crippen LogP contribution in [0.4, 0.5) is 0 Å². The fourth-order valence-corrected chi connectivity index (χ4v) is 3.24. The number of halogens is 1. The molecule has 0 radical (unpaired) electrons. The van der Waals surface area contributed by atoms with Crippen LogP contribution in [-0.2, 0) is 6.54 Å². The van der Waals surface area contributed by atoms with E-state index in [0.717, 1.165) is 16.7 Å². The van der Waals surface area contributed by atoms with Crippen LogP contribution in [-0.4, -0.2) is 20.6 Å². The van der Waals surface area contributed by atoms with Gasteiger partial charge in [-0.15, -0.1) is 11.8 Å². The van der Waals surface area contributed by atoms with Crippen molar-refractivity contribution in [2.75, 3.05) is 5.75 Å². The predicted molar refractivity (Wildman–Crippen MR) is 82.5 cm³/mol. The smallest absolute Gasteiger partial charge is 0.106 e. The Hall–Kier alpha value is -0.780. The average molecular weight is 341 g/mol. The Morgan fingerprint density at radius 3 is 2.68 bits per heavy atom. The largest absolute Gasteiger partial charge is 0.386 e. The molecule has 1 aromatic carbocycles. The molecule has 3 nitrogen and oxygen atoms in total. The molecule has 0 aliphatic rings. The molecule has 0 saturated heterocycles. The van der Waals surface area contributed by atoms with E-state index in [1.165, 1.54) is 10.5 Å². The first kappa shape index (κ1) is 14.6. The molecule has 19 heavy (non-hydrogen) atoms. The molecular formula is C14H17BrN2OS. The Balaban J connectivity index is 2.03. The fourth-order valence-electron chi connectivity index (χ4n) is 1.84. The predicted octanol–water partition coefficient (Wildman–Crippen LogP) is 3.80. The molecule has 1 atom stereocenters. The van der Waals surface area contributed by atoms with Gasteiger partial charge in [-0.05, 0) is 41.9 Å². The van der Waals surface area contributed by atoms with E-state index in [2.05, 4.69) is 52.2 Å². The highest BCUT2D eigenvalue weighted by molar-refractivity contribution is 9.10. The molecule has 0 amide bonds. The third-order valence-corrected chi connectivity index (χ3v) is 4.58. The van der Waals surface area contributed by atoms with Gasteiger partial charge in [0.15, 0.2) is 0 Å². The molecule has 2 rings (SSSR count). The second-order valence-corrected chi connectivity index (χ2v) is 6.28. The second-order valence-electron chi connectivity index (χ2n) is 4.33. The van der Waals surface area contributed by atoms with E-state index in [-0.39, 0.29) is 0 Å². The number of aryl methyl sites for hydroxylation is 2. The van der Waals surface area contributed by atoms with Crippen molar-refractivity contribution in [3.63, 3.8) is 0 Å². The first-order chi connectivity index (χ1) is 9.11. The zero-order valence-corrected chi connectivity index (χ0v) is 13.4. The van der Waals surface area contributed by atoms with Gasteiger partial charge in [0.1, 0.15) is 6.10 Å². The van der Waals surface area contributed by atoms with Crippen molar-refractivity contribution in [1.29, 1.82) is 0 Å². The van der Waals surface area contributed by atoms with Crippen LogP contribution in [0.5, 0.6) is 0 Å². The quantitative estimate of drug-likeness (QED) is 0.841. The molecule has 0 aliphatic heterocycles. The number of rotatable bonds is 5. The minimum atomic E-state index is -0.525. The van der Waals surface area contributed by atoms with Crippen molar-refractivity contribution in [1.82, 2.24) is 9.78 Å². The van der Waals surface area contributed by atoms with Gasteiger partial charge < -0.3 is 5.11 Å². The number of benzene rings is 1. The Labute approximate surface area is 126 Å². The Morgan fingerprint density at radius 1 is 1.37 bits per heavy atom. The molecule has 102 valence electrons. The lowest BCUT2D eigenvalue weighted by molar-refractivity contribution is 0.191. The molecule has 0 spiro atoms. The van der Waals surface area contributed by atoms with Crippen molar-refractivity contribution < 1.29 is 5.11 Å². The number of aromatic nitrogens is 2. The SMILES string of the molecule is CCn1ncc(Br)c1C(O)CSc1ccc(C)cc1. The monoisotopic (exact) mass is 340 g/mol. The van der Waals surface area contributed by atoms with E-state index in [1.807, 2.05) is 11.6 Å². The molecule has 1 unspecified atom stereocenters. The molecular weight excluding hydrogens is 324 g/mol. The Morgan fingerprint density at radius 2 is 2.05 bits per heavy atom. The molecule has 1 N–H and O–H groups in total. The van der Waals surface area contributed by atoms with E-state index in [0.29, 0.717) is 5.75 Å². The van der Waals surface area contributed by atoms with E-state index in [4.69, 9.17) is 0 Å². The van der Waals surface area contributed by atoms with Crippen LogP contribution < -0.4 is 0 Å². The van der Waals surface area contributed by atoms with Gasteiger partial charge in [0.05, 0.1) is 16.4 Å². The van der Waals surface area contributed by atoms with Crippen molar-refractivity contribution in [3.05, 3.63) is 46.2 Å². The molecule has 0 aliphatic carbocycles. The summed E-state index contributed by atoms with van der Waals surface area (Å²) in [6.45, 7) is 4.84. The van der Waals surface area contributed by atoms with Crippen LogP contribution in [0.3, 0.4) is 0 Å². The maximum absolute atomic E-state index is 10.3. The van der Waals surface area contributed by atoms with Gasteiger partial charge >= 0.3 is 0 Å². The minimum Gasteiger partial charge on any atom is -0.386 e. The van der Waals surface area contributed by atoms with E-state index in [9.17, 15) is 5.11 Å². The van der Waals surface area contributed by atoms with Crippen LogP contribution in [0.15, 0.2) is 39.8 Å². The van der Waals surface area contributed by atoms with E-state index < -0.39 is 6.10 Å². The van der Waals surface area contributed by atoms with Gasteiger partial charge in [0, 0.05) is 17.2 Å². The average Bonchev–Trinajstić information content (AvgIpc) is 2.79. The zero-order valence-electron chi connectivity index (χ0n) is 11.0. The number of aliphatic hydroxyl groups excluding tert-OH is 1. The summed E-state index contributed by atoms with van der Waals surface area (Å²) in [7, 11) is 0. The summed E-state index contributed by atoms with van der Waals surface area (Å²) in [6, 6.07) is 8.33. The van der Waals surface area contributed by atoms with Crippen LogP contribution in [0.2, 0.25) is 0 Å². The topological polar surface area (TPSA) is 38.0 Å². The highest BCUT2D eigenvalue weighted by atomic mass is 79.9. The van der Waals surface area contributed by atoms with Crippen LogP contribution in [0, 0.1) is 6.92 Å². The van der Waals surface area contributed by atoms with Crippen LogP contribution >= 0.6 is 27.7 Å². The molecule has 0 fully saturated rings. The normalized spacial score (nSPS) is 12.6. The number of nitrogens with zero attached hydrogens (tertiary/aromatic N) is 2.